The summed E-state index contributed by atoms with van der Waals surface area (Å²) in [5, 5.41) is 0. The number of carbonyl (C=O) groups is 1. The van der Waals surface area contributed by atoms with Crippen molar-refractivity contribution in [1.82, 2.24) is 9.88 Å². The highest BCUT2D eigenvalue weighted by Gasteiger charge is 2.28. The lowest BCUT2D eigenvalue weighted by atomic mass is 10.1. The van der Waals surface area contributed by atoms with E-state index in [-0.39, 0.29) is 16.8 Å². The van der Waals surface area contributed by atoms with Crippen LogP contribution in [0.25, 0.3) is 0 Å². The number of benzene rings is 1. The first-order valence-electron chi connectivity index (χ1n) is 8.05. The van der Waals surface area contributed by atoms with Crippen molar-refractivity contribution in [2.75, 3.05) is 17.8 Å². The molecule has 132 valence electrons. The van der Waals surface area contributed by atoms with Crippen LogP contribution in [-0.4, -0.2) is 43.3 Å². The Kier molecular flexibility index (Phi) is 5.00. The van der Waals surface area contributed by atoms with Crippen LogP contribution in [0.2, 0.25) is 0 Å². The van der Waals surface area contributed by atoms with E-state index in [2.05, 4.69) is 9.71 Å². The predicted molar refractivity (Wildman–Crippen MR) is 94.6 cm³/mol. The molecule has 2 heterocycles. The van der Waals surface area contributed by atoms with Gasteiger partial charge in [0, 0.05) is 37.1 Å². The maximum atomic E-state index is 12.6. The molecule has 1 amide bonds. The number of sulfonamides is 1. The standard InChI is InChI=1S/C17H20N4O3S/c18-12-15-2-1-11-21(15)17(22)13-3-5-16(6-4-13)25(23,24)20-14-7-9-19-10-8-14/h3-10,15H,1-2,11-12,18H2,(H,19,20). The monoisotopic (exact) mass is 360 g/mol. The van der Waals surface area contributed by atoms with E-state index in [9.17, 15) is 13.2 Å². The number of hydrogen-bond acceptors (Lipinski definition) is 5. The lowest BCUT2D eigenvalue weighted by Gasteiger charge is -2.23. The molecule has 1 aliphatic heterocycles. The number of rotatable bonds is 5. The Balaban J connectivity index is 1.76. The minimum Gasteiger partial charge on any atom is -0.334 e. The first-order chi connectivity index (χ1) is 12.0. The number of likely N-dealkylation sites (tertiary alicyclic amines) is 1. The van der Waals surface area contributed by atoms with Gasteiger partial charge < -0.3 is 10.6 Å². The zero-order chi connectivity index (χ0) is 17.9. The Bertz CT molecular complexity index is 838. The van der Waals surface area contributed by atoms with Crippen LogP contribution in [0.4, 0.5) is 5.69 Å². The van der Waals surface area contributed by atoms with Crippen molar-refractivity contribution in [3.63, 3.8) is 0 Å². The van der Waals surface area contributed by atoms with Crippen LogP contribution in [0.1, 0.15) is 23.2 Å². The third kappa shape index (κ3) is 3.80. The van der Waals surface area contributed by atoms with E-state index in [1.807, 2.05) is 0 Å². The van der Waals surface area contributed by atoms with Gasteiger partial charge in [0.25, 0.3) is 15.9 Å². The molecule has 1 aromatic carbocycles. The molecule has 2 aromatic rings. The lowest BCUT2D eigenvalue weighted by molar-refractivity contribution is 0.0741. The summed E-state index contributed by atoms with van der Waals surface area (Å²) in [5.41, 5.74) is 6.60. The van der Waals surface area contributed by atoms with Gasteiger partial charge in [0.05, 0.1) is 10.6 Å². The van der Waals surface area contributed by atoms with E-state index in [4.69, 9.17) is 5.73 Å². The maximum Gasteiger partial charge on any atom is 0.261 e. The second kappa shape index (κ2) is 7.20. The van der Waals surface area contributed by atoms with Crippen LogP contribution in [0, 0.1) is 0 Å². The molecule has 3 N–H and O–H groups in total. The quantitative estimate of drug-likeness (QED) is 0.839. The summed E-state index contributed by atoms with van der Waals surface area (Å²) in [6.07, 6.45) is 4.85. The van der Waals surface area contributed by atoms with Gasteiger partial charge in [-0.3, -0.25) is 14.5 Å². The highest BCUT2D eigenvalue weighted by Crippen LogP contribution is 2.21. The summed E-state index contributed by atoms with van der Waals surface area (Å²) in [6, 6.07) is 9.13. The Morgan fingerprint density at radius 2 is 1.88 bits per heavy atom. The number of nitrogens with one attached hydrogen (secondary N) is 1. The van der Waals surface area contributed by atoms with Gasteiger partial charge in [-0.2, -0.15) is 0 Å². The fourth-order valence-corrected chi connectivity index (χ4v) is 3.98. The van der Waals surface area contributed by atoms with E-state index in [1.165, 1.54) is 36.7 Å². The van der Waals surface area contributed by atoms with E-state index in [0.29, 0.717) is 24.3 Å². The highest BCUT2D eigenvalue weighted by atomic mass is 32.2. The Morgan fingerprint density at radius 3 is 2.52 bits per heavy atom. The average Bonchev–Trinajstić information content (AvgIpc) is 3.10. The molecule has 1 fully saturated rings. The molecule has 0 aliphatic carbocycles. The minimum absolute atomic E-state index is 0.0595. The molecule has 3 rings (SSSR count). The van der Waals surface area contributed by atoms with Crippen molar-refractivity contribution in [1.29, 1.82) is 0 Å². The fraction of sp³-hybridized carbons (Fsp3) is 0.294. The normalized spacial score (nSPS) is 17.5. The molecular weight excluding hydrogens is 340 g/mol. The highest BCUT2D eigenvalue weighted by molar-refractivity contribution is 7.92. The second-order valence-electron chi connectivity index (χ2n) is 5.90. The van der Waals surface area contributed by atoms with Crippen LogP contribution in [0.3, 0.4) is 0 Å². The third-order valence-electron chi connectivity index (χ3n) is 4.25. The topological polar surface area (TPSA) is 105 Å². The molecule has 0 bridgehead atoms. The second-order valence-corrected chi connectivity index (χ2v) is 7.58. The Morgan fingerprint density at radius 1 is 1.20 bits per heavy atom. The van der Waals surface area contributed by atoms with Crippen molar-refractivity contribution in [2.24, 2.45) is 5.73 Å². The summed E-state index contributed by atoms with van der Waals surface area (Å²) in [7, 11) is -3.71. The van der Waals surface area contributed by atoms with Crippen molar-refractivity contribution < 1.29 is 13.2 Å². The van der Waals surface area contributed by atoms with Gasteiger partial charge in [0.15, 0.2) is 0 Å². The summed E-state index contributed by atoms with van der Waals surface area (Å²) in [6.45, 7) is 1.12. The fourth-order valence-electron chi connectivity index (χ4n) is 2.92. The number of nitrogens with two attached hydrogens (primary N) is 1. The number of anilines is 1. The van der Waals surface area contributed by atoms with Gasteiger partial charge in [0.1, 0.15) is 0 Å². The van der Waals surface area contributed by atoms with E-state index >= 15 is 0 Å². The smallest absolute Gasteiger partial charge is 0.261 e. The predicted octanol–water partition coefficient (Wildman–Crippen LogP) is 1.45. The van der Waals surface area contributed by atoms with Crippen molar-refractivity contribution in [2.45, 2.75) is 23.8 Å². The zero-order valence-corrected chi connectivity index (χ0v) is 14.4. The van der Waals surface area contributed by atoms with Gasteiger partial charge in [-0.1, -0.05) is 0 Å². The van der Waals surface area contributed by atoms with Crippen LogP contribution in [0.5, 0.6) is 0 Å². The van der Waals surface area contributed by atoms with Crippen LogP contribution in [0.15, 0.2) is 53.7 Å². The molecule has 1 atom stereocenters. The first-order valence-corrected chi connectivity index (χ1v) is 9.53. The van der Waals surface area contributed by atoms with Crippen molar-refractivity contribution in [3.05, 3.63) is 54.4 Å². The summed E-state index contributed by atoms with van der Waals surface area (Å²) in [5.74, 6) is -0.112. The number of nitrogens with zero attached hydrogens (tertiary/aromatic N) is 2. The summed E-state index contributed by atoms with van der Waals surface area (Å²) in [4.78, 5) is 18.3. The molecule has 1 aliphatic rings. The third-order valence-corrected chi connectivity index (χ3v) is 5.65. The van der Waals surface area contributed by atoms with Gasteiger partial charge in [-0.25, -0.2) is 8.42 Å². The molecule has 1 aromatic heterocycles. The number of aromatic nitrogens is 1. The largest absolute Gasteiger partial charge is 0.334 e. The number of hydrogen-bond donors (Lipinski definition) is 2. The molecule has 1 unspecified atom stereocenters. The van der Waals surface area contributed by atoms with E-state index in [1.54, 1.807) is 17.0 Å². The van der Waals surface area contributed by atoms with Crippen LogP contribution < -0.4 is 10.5 Å². The molecule has 0 radical (unpaired) electrons. The molecular formula is C17H20N4O3S. The molecule has 25 heavy (non-hydrogen) atoms. The van der Waals surface area contributed by atoms with Crippen molar-refractivity contribution in [3.8, 4) is 0 Å². The molecule has 0 saturated carbocycles. The Hall–Kier alpha value is -2.45. The number of carbonyl (C=O) groups excluding carboxylic acids is 1. The van der Waals surface area contributed by atoms with Crippen molar-refractivity contribution >= 4 is 21.6 Å². The van der Waals surface area contributed by atoms with Gasteiger partial charge in [-0.05, 0) is 49.2 Å². The maximum absolute atomic E-state index is 12.6. The SMILES string of the molecule is NCC1CCCN1C(=O)c1ccc(S(=O)(=O)Nc2ccncc2)cc1. The minimum atomic E-state index is -3.71. The Labute approximate surface area is 146 Å². The summed E-state index contributed by atoms with van der Waals surface area (Å²) >= 11 is 0. The molecule has 8 heteroatoms. The first kappa shape index (κ1) is 17.4. The average molecular weight is 360 g/mol. The number of pyridine rings is 1. The molecule has 7 nitrogen and oxygen atoms in total. The zero-order valence-electron chi connectivity index (χ0n) is 13.6. The van der Waals surface area contributed by atoms with Gasteiger partial charge in [0.2, 0.25) is 0 Å². The van der Waals surface area contributed by atoms with E-state index in [0.717, 1.165) is 12.8 Å². The van der Waals surface area contributed by atoms with Gasteiger partial charge >= 0.3 is 0 Å². The van der Waals surface area contributed by atoms with Crippen LogP contribution >= 0.6 is 0 Å². The summed E-state index contributed by atoms with van der Waals surface area (Å²) < 4.78 is 27.3. The number of amides is 1. The molecule has 1 saturated heterocycles. The molecule has 0 spiro atoms. The van der Waals surface area contributed by atoms with Gasteiger partial charge in [-0.15, -0.1) is 0 Å². The van der Waals surface area contributed by atoms with Crippen LogP contribution in [-0.2, 0) is 10.0 Å². The lowest BCUT2D eigenvalue weighted by Crippen LogP contribution is -2.39. The van der Waals surface area contributed by atoms with E-state index < -0.39 is 10.0 Å².